The Balaban J connectivity index is 1.65. The molecule has 1 aliphatic carbocycles. The molecule has 0 aromatic carbocycles. The first kappa shape index (κ1) is 23.7. The highest BCUT2D eigenvalue weighted by Gasteiger charge is 2.38. The van der Waals surface area contributed by atoms with Gasteiger partial charge in [0.2, 0.25) is 26.0 Å². The van der Waals surface area contributed by atoms with Gasteiger partial charge in [-0.15, -0.1) is 0 Å². The lowest BCUT2D eigenvalue weighted by atomic mass is 9.94. The standard InChI is InChI=1S/C21H34N4O5S2/c1-22(18-9-3-2-4-10-18)21(26)17-23-15-19(31(27,28)24-11-5-6-12-24)20(16-23)32(29,30)25-13-7-8-14-25/h15-16,18H,2-14,17H2,1H3. The van der Waals surface area contributed by atoms with Gasteiger partial charge in [0.1, 0.15) is 16.3 Å². The molecule has 3 heterocycles. The maximum absolute atomic E-state index is 13.3. The Hall–Kier alpha value is -1.43. The van der Waals surface area contributed by atoms with Gasteiger partial charge in [0.15, 0.2) is 0 Å². The molecule has 0 N–H and O–H groups in total. The van der Waals surface area contributed by atoms with Gasteiger partial charge in [-0.25, -0.2) is 16.8 Å². The van der Waals surface area contributed by atoms with Crippen LogP contribution in [0.3, 0.4) is 0 Å². The molecule has 2 saturated heterocycles. The topological polar surface area (TPSA) is 100 Å². The average Bonchev–Trinajstić information content (AvgIpc) is 3.55. The molecule has 1 aromatic rings. The van der Waals surface area contributed by atoms with Crippen molar-refractivity contribution < 1.29 is 21.6 Å². The third kappa shape index (κ3) is 4.62. The van der Waals surface area contributed by atoms with Gasteiger partial charge < -0.3 is 9.47 Å². The summed E-state index contributed by atoms with van der Waals surface area (Å²) in [6.07, 6.45) is 11.0. The van der Waals surface area contributed by atoms with E-state index in [0.717, 1.165) is 51.4 Å². The first-order valence-electron chi connectivity index (χ1n) is 11.7. The molecule has 0 bridgehead atoms. The molecule has 0 spiro atoms. The zero-order chi connectivity index (χ0) is 22.9. The predicted octanol–water partition coefficient (Wildman–Crippen LogP) is 1.85. The van der Waals surface area contributed by atoms with E-state index in [4.69, 9.17) is 0 Å². The normalized spacial score (nSPS) is 21.9. The van der Waals surface area contributed by atoms with Gasteiger partial charge in [-0.05, 0) is 38.5 Å². The van der Waals surface area contributed by atoms with Crippen molar-refractivity contribution in [2.45, 2.75) is 80.2 Å². The lowest BCUT2D eigenvalue weighted by Gasteiger charge is -2.31. The van der Waals surface area contributed by atoms with Crippen molar-refractivity contribution in [3.05, 3.63) is 12.4 Å². The van der Waals surface area contributed by atoms with Crippen LogP contribution in [0, 0.1) is 0 Å². The summed E-state index contributed by atoms with van der Waals surface area (Å²) in [4.78, 5) is 14.3. The van der Waals surface area contributed by atoms with Crippen LogP contribution in [-0.4, -0.2) is 80.1 Å². The van der Waals surface area contributed by atoms with Crippen LogP contribution in [-0.2, 0) is 31.4 Å². The highest BCUT2D eigenvalue weighted by atomic mass is 32.2. The molecule has 1 saturated carbocycles. The molecular weight excluding hydrogens is 452 g/mol. The van der Waals surface area contributed by atoms with E-state index < -0.39 is 20.0 Å². The van der Waals surface area contributed by atoms with E-state index in [1.54, 1.807) is 11.9 Å². The fourth-order valence-corrected chi connectivity index (χ4v) is 8.84. The molecule has 9 nitrogen and oxygen atoms in total. The van der Waals surface area contributed by atoms with Crippen molar-refractivity contribution in [3.63, 3.8) is 0 Å². The van der Waals surface area contributed by atoms with E-state index >= 15 is 0 Å². The van der Waals surface area contributed by atoms with Gasteiger partial charge in [-0.1, -0.05) is 19.3 Å². The number of amides is 1. The average molecular weight is 487 g/mol. The SMILES string of the molecule is CN(C(=O)Cn1cc(S(=O)(=O)N2CCCC2)c(S(=O)(=O)N2CCCC2)c1)C1CCCCC1. The van der Waals surface area contributed by atoms with E-state index in [1.165, 1.54) is 32.0 Å². The molecule has 180 valence electrons. The van der Waals surface area contributed by atoms with Crippen LogP contribution in [0.5, 0.6) is 0 Å². The second-order valence-electron chi connectivity index (χ2n) is 9.18. The summed E-state index contributed by atoms with van der Waals surface area (Å²) in [5.74, 6) is -0.137. The predicted molar refractivity (Wildman–Crippen MR) is 120 cm³/mol. The Morgan fingerprint density at radius 3 is 1.69 bits per heavy atom. The van der Waals surface area contributed by atoms with E-state index in [2.05, 4.69) is 0 Å². The molecule has 0 atom stereocenters. The van der Waals surface area contributed by atoms with Crippen molar-refractivity contribution in [2.24, 2.45) is 0 Å². The van der Waals surface area contributed by atoms with Gasteiger partial charge in [0.05, 0.1) is 0 Å². The second-order valence-corrected chi connectivity index (χ2v) is 13.0. The van der Waals surface area contributed by atoms with Crippen LogP contribution < -0.4 is 0 Å². The Labute approximate surface area is 191 Å². The first-order chi connectivity index (χ1) is 15.2. The molecule has 4 rings (SSSR count). The first-order valence-corrected chi connectivity index (χ1v) is 14.5. The maximum atomic E-state index is 13.3. The number of likely N-dealkylation sites (N-methyl/N-ethyl adjacent to an activating group) is 1. The van der Waals surface area contributed by atoms with Crippen LogP contribution in [0.25, 0.3) is 0 Å². The Morgan fingerprint density at radius 2 is 1.25 bits per heavy atom. The molecule has 0 radical (unpaired) electrons. The minimum absolute atomic E-state index is 0.0783. The van der Waals surface area contributed by atoms with Gasteiger partial charge >= 0.3 is 0 Å². The van der Waals surface area contributed by atoms with E-state index in [1.807, 2.05) is 0 Å². The van der Waals surface area contributed by atoms with Crippen LogP contribution in [0.4, 0.5) is 0 Å². The fraction of sp³-hybridized carbons (Fsp3) is 0.762. The summed E-state index contributed by atoms with van der Waals surface area (Å²) in [7, 11) is -6.13. The number of nitrogens with zero attached hydrogens (tertiary/aromatic N) is 4. The third-order valence-electron chi connectivity index (χ3n) is 7.01. The van der Waals surface area contributed by atoms with Crippen molar-refractivity contribution in [1.82, 2.24) is 18.1 Å². The molecular formula is C21H34N4O5S2. The molecule has 32 heavy (non-hydrogen) atoms. The lowest BCUT2D eigenvalue weighted by Crippen LogP contribution is -2.40. The quantitative estimate of drug-likeness (QED) is 0.586. The van der Waals surface area contributed by atoms with Gasteiger partial charge in [-0.2, -0.15) is 8.61 Å². The molecule has 1 aromatic heterocycles. The molecule has 3 aliphatic rings. The minimum Gasteiger partial charge on any atom is -0.342 e. The highest BCUT2D eigenvalue weighted by Crippen LogP contribution is 2.31. The second kappa shape index (κ2) is 9.44. The van der Waals surface area contributed by atoms with Gasteiger partial charge in [0.25, 0.3) is 0 Å². The summed E-state index contributed by atoms with van der Waals surface area (Å²) < 4.78 is 57.5. The number of hydrogen-bond acceptors (Lipinski definition) is 5. The van der Waals surface area contributed by atoms with Crippen LogP contribution in [0.15, 0.2) is 22.2 Å². The fourth-order valence-electron chi connectivity index (χ4n) is 5.02. The smallest absolute Gasteiger partial charge is 0.245 e. The number of carbonyl (C=O) groups is 1. The third-order valence-corrected chi connectivity index (χ3v) is 11.0. The summed E-state index contributed by atoms with van der Waals surface area (Å²) in [6, 6.07) is 0.187. The molecule has 0 unspecified atom stereocenters. The van der Waals surface area contributed by atoms with Gasteiger partial charge in [-0.3, -0.25) is 4.79 Å². The van der Waals surface area contributed by atoms with E-state index in [9.17, 15) is 21.6 Å². The van der Waals surface area contributed by atoms with E-state index in [0.29, 0.717) is 26.2 Å². The zero-order valence-electron chi connectivity index (χ0n) is 18.8. The highest BCUT2D eigenvalue weighted by molar-refractivity contribution is 7.92. The monoisotopic (exact) mass is 486 g/mol. The Morgan fingerprint density at radius 1 is 0.812 bits per heavy atom. The van der Waals surface area contributed by atoms with Gasteiger partial charge in [0, 0.05) is 51.7 Å². The number of rotatable bonds is 7. The Bertz CT molecular complexity index is 969. The van der Waals surface area contributed by atoms with Crippen LogP contribution in [0.2, 0.25) is 0 Å². The molecule has 1 amide bonds. The van der Waals surface area contributed by atoms with Crippen molar-refractivity contribution in [3.8, 4) is 0 Å². The summed E-state index contributed by atoms with van der Waals surface area (Å²) in [6.45, 7) is 1.48. The minimum atomic E-state index is -3.96. The van der Waals surface area contributed by atoms with Crippen molar-refractivity contribution in [2.75, 3.05) is 33.2 Å². The van der Waals surface area contributed by atoms with Crippen molar-refractivity contribution in [1.29, 1.82) is 0 Å². The van der Waals surface area contributed by atoms with Crippen molar-refractivity contribution >= 4 is 26.0 Å². The van der Waals surface area contributed by atoms with E-state index in [-0.39, 0.29) is 28.3 Å². The lowest BCUT2D eigenvalue weighted by molar-refractivity contribution is -0.133. The van der Waals surface area contributed by atoms with Crippen LogP contribution >= 0.6 is 0 Å². The summed E-state index contributed by atoms with van der Waals surface area (Å²) in [5, 5.41) is 0. The largest absolute Gasteiger partial charge is 0.342 e. The molecule has 2 aliphatic heterocycles. The van der Waals surface area contributed by atoms with Crippen LogP contribution in [0.1, 0.15) is 57.8 Å². The maximum Gasteiger partial charge on any atom is 0.245 e. The Kier molecular flexibility index (Phi) is 7.00. The number of sulfonamides is 2. The molecule has 3 fully saturated rings. The summed E-state index contributed by atoms with van der Waals surface area (Å²) in [5.41, 5.74) is 0. The number of hydrogen-bond donors (Lipinski definition) is 0. The number of aromatic nitrogens is 1. The zero-order valence-corrected chi connectivity index (χ0v) is 20.4. The molecule has 11 heteroatoms. The summed E-state index contributed by atoms with van der Waals surface area (Å²) >= 11 is 0. The number of carbonyl (C=O) groups excluding carboxylic acids is 1.